The third-order valence-electron chi connectivity index (χ3n) is 3.13. The molecule has 0 heterocycles. The number of nitrogens with two attached hydrogens (primary N) is 1. The van der Waals surface area contributed by atoms with Gasteiger partial charge in [0.1, 0.15) is 5.82 Å². The zero-order valence-electron chi connectivity index (χ0n) is 10.9. The van der Waals surface area contributed by atoms with Gasteiger partial charge in [-0.3, -0.25) is 4.79 Å². The lowest BCUT2D eigenvalue weighted by Crippen LogP contribution is -2.32. The zero-order chi connectivity index (χ0) is 13.8. The second-order valence-electron chi connectivity index (χ2n) is 4.52. The van der Waals surface area contributed by atoms with Gasteiger partial charge in [-0.05, 0) is 38.0 Å². The molecule has 100 valence electrons. The Labute approximate surface area is 112 Å². The molecule has 2 rings (SSSR count). The molecule has 0 unspecified atom stereocenters. The van der Waals surface area contributed by atoms with Crippen molar-refractivity contribution in [1.29, 1.82) is 0 Å². The van der Waals surface area contributed by atoms with Crippen molar-refractivity contribution < 1.29 is 9.18 Å². The smallest absolute Gasteiger partial charge is 0.254 e. The highest BCUT2D eigenvalue weighted by Crippen LogP contribution is 2.28. The van der Waals surface area contributed by atoms with Gasteiger partial charge < -0.3 is 10.6 Å². The fourth-order valence-corrected chi connectivity index (χ4v) is 2.02. The van der Waals surface area contributed by atoms with Crippen LogP contribution >= 0.6 is 0 Å². The Hall–Kier alpha value is -1.86. The van der Waals surface area contributed by atoms with Gasteiger partial charge in [0.15, 0.2) is 0 Å². The molecule has 1 aliphatic rings. The van der Waals surface area contributed by atoms with Crippen molar-refractivity contribution in [3.05, 3.63) is 35.1 Å². The number of nitrogens with zero attached hydrogens (tertiary/aromatic N) is 1. The number of hydrogen-bond donors (Lipinski definition) is 1. The molecule has 0 aliphatic heterocycles. The van der Waals surface area contributed by atoms with E-state index in [-0.39, 0.29) is 18.0 Å². The van der Waals surface area contributed by atoms with Crippen molar-refractivity contribution in [2.45, 2.75) is 25.8 Å². The van der Waals surface area contributed by atoms with E-state index >= 15 is 0 Å². The van der Waals surface area contributed by atoms with Gasteiger partial charge in [0.25, 0.3) is 5.91 Å². The summed E-state index contributed by atoms with van der Waals surface area (Å²) in [7, 11) is 0. The van der Waals surface area contributed by atoms with E-state index in [0.29, 0.717) is 18.2 Å². The summed E-state index contributed by atoms with van der Waals surface area (Å²) >= 11 is 0. The van der Waals surface area contributed by atoms with E-state index in [2.05, 4.69) is 11.8 Å². The lowest BCUT2D eigenvalue weighted by molar-refractivity contribution is 0.0752. The van der Waals surface area contributed by atoms with E-state index in [4.69, 9.17) is 5.73 Å². The normalized spacial score (nSPS) is 13.6. The summed E-state index contributed by atoms with van der Waals surface area (Å²) in [6, 6.07) is 4.74. The number of benzene rings is 1. The van der Waals surface area contributed by atoms with Crippen LogP contribution in [0.3, 0.4) is 0 Å². The Bertz CT molecular complexity index is 541. The summed E-state index contributed by atoms with van der Waals surface area (Å²) in [6.45, 7) is 2.78. The molecule has 1 fully saturated rings. The van der Waals surface area contributed by atoms with E-state index in [1.807, 2.05) is 6.92 Å². The van der Waals surface area contributed by atoms with Crippen LogP contribution in [0.1, 0.15) is 35.7 Å². The van der Waals surface area contributed by atoms with Crippen molar-refractivity contribution in [3.63, 3.8) is 0 Å². The molecule has 19 heavy (non-hydrogen) atoms. The third kappa shape index (κ3) is 3.12. The van der Waals surface area contributed by atoms with Crippen LogP contribution in [0.5, 0.6) is 0 Å². The Morgan fingerprint density at radius 2 is 2.26 bits per heavy atom. The number of hydrogen-bond acceptors (Lipinski definition) is 2. The third-order valence-corrected chi connectivity index (χ3v) is 3.13. The summed E-state index contributed by atoms with van der Waals surface area (Å²) in [5.74, 6) is 4.66. The van der Waals surface area contributed by atoms with Crippen LogP contribution in [-0.2, 0) is 0 Å². The lowest BCUT2D eigenvalue weighted by atomic mass is 10.1. The Kier molecular flexibility index (Phi) is 4.18. The van der Waals surface area contributed by atoms with Crippen LogP contribution in [0, 0.1) is 17.7 Å². The molecule has 2 N–H and O–H groups in total. The molecule has 0 bridgehead atoms. The predicted molar refractivity (Wildman–Crippen MR) is 72.1 cm³/mol. The first-order chi connectivity index (χ1) is 9.17. The maximum absolute atomic E-state index is 13.8. The highest BCUT2D eigenvalue weighted by Gasteiger charge is 2.31. The SMILES string of the molecule is CCN(C(=O)c1ccc(C#CCN)c(F)c1)C1CC1. The number of amides is 1. The molecule has 3 nitrogen and oxygen atoms in total. The maximum atomic E-state index is 13.8. The molecule has 1 aromatic carbocycles. The monoisotopic (exact) mass is 260 g/mol. The summed E-state index contributed by atoms with van der Waals surface area (Å²) < 4.78 is 13.8. The second kappa shape index (κ2) is 5.85. The van der Waals surface area contributed by atoms with E-state index in [0.717, 1.165) is 12.8 Å². The van der Waals surface area contributed by atoms with Gasteiger partial charge in [-0.2, -0.15) is 0 Å². The van der Waals surface area contributed by atoms with Crippen molar-refractivity contribution in [1.82, 2.24) is 4.90 Å². The van der Waals surface area contributed by atoms with E-state index in [1.54, 1.807) is 11.0 Å². The number of carbonyl (C=O) groups excluding carboxylic acids is 1. The van der Waals surface area contributed by atoms with Gasteiger partial charge in [0, 0.05) is 18.2 Å². The summed E-state index contributed by atoms with van der Waals surface area (Å²) in [5.41, 5.74) is 5.90. The first-order valence-corrected chi connectivity index (χ1v) is 6.46. The van der Waals surface area contributed by atoms with E-state index in [1.165, 1.54) is 12.1 Å². The molecule has 0 radical (unpaired) electrons. The molecule has 0 atom stereocenters. The largest absolute Gasteiger partial charge is 0.336 e. The second-order valence-corrected chi connectivity index (χ2v) is 4.52. The first kappa shape index (κ1) is 13.6. The Balaban J connectivity index is 2.21. The fourth-order valence-electron chi connectivity index (χ4n) is 2.02. The van der Waals surface area contributed by atoms with Gasteiger partial charge in [0.2, 0.25) is 0 Å². The molecule has 1 aromatic rings. The van der Waals surface area contributed by atoms with Gasteiger partial charge in [-0.15, -0.1) is 0 Å². The van der Waals surface area contributed by atoms with E-state index in [9.17, 15) is 9.18 Å². The minimum atomic E-state index is -0.473. The van der Waals surface area contributed by atoms with Gasteiger partial charge in [0.05, 0.1) is 12.1 Å². The van der Waals surface area contributed by atoms with Crippen LogP contribution in [0.2, 0.25) is 0 Å². The Morgan fingerprint density at radius 1 is 1.53 bits per heavy atom. The highest BCUT2D eigenvalue weighted by molar-refractivity contribution is 5.94. The van der Waals surface area contributed by atoms with Gasteiger partial charge >= 0.3 is 0 Å². The zero-order valence-corrected chi connectivity index (χ0v) is 10.9. The quantitative estimate of drug-likeness (QED) is 0.842. The van der Waals surface area contributed by atoms with Crippen molar-refractivity contribution in [2.75, 3.05) is 13.1 Å². The molecular formula is C15H17FN2O. The average molecular weight is 260 g/mol. The van der Waals surface area contributed by atoms with Crippen molar-refractivity contribution in [3.8, 4) is 11.8 Å². The molecular weight excluding hydrogens is 243 g/mol. The maximum Gasteiger partial charge on any atom is 0.254 e. The average Bonchev–Trinajstić information content (AvgIpc) is 3.22. The standard InChI is InChI=1S/C15H17FN2O/c1-2-18(13-7-8-13)15(19)12-6-5-11(4-3-9-17)14(16)10-12/h5-6,10,13H,2,7-9,17H2,1H3. The van der Waals surface area contributed by atoms with Crippen molar-refractivity contribution >= 4 is 5.91 Å². The number of rotatable bonds is 3. The fraction of sp³-hybridized carbons (Fsp3) is 0.400. The summed E-state index contributed by atoms with van der Waals surface area (Å²) in [5, 5.41) is 0. The number of carbonyl (C=O) groups is 1. The minimum absolute atomic E-state index is 0.109. The summed E-state index contributed by atoms with van der Waals surface area (Å²) in [4.78, 5) is 14.0. The molecule has 0 aromatic heterocycles. The Morgan fingerprint density at radius 3 is 2.79 bits per heavy atom. The van der Waals surface area contributed by atoms with Gasteiger partial charge in [-0.25, -0.2) is 4.39 Å². The summed E-state index contributed by atoms with van der Waals surface area (Å²) in [6.07, 6.45) is 2.09. The molecule has 0 saturated heterocycles. The highest BCUT2D eigenvalue weighted by atomic mass is 19.1. The molecule has 1 saturated carbocycles. The predicted octanol–water partition coefficient (Wildman–Crippen LogP) is 1.76. The van der Waals surface area contributed by atoms with Gasteiger partial charge in [-0.1, -0.05) is 11.8 Å². The van der Waals surface area contributed by atoms with Crippen molar-refractivity contribution in [2.24, 2.45) is 5.73 Å². The van der Waals surface area contributed by atoms with Crippen LogP contribution in [0.25, 0.3) is 0 Å². The minimum Gasteiger partial charge on any atom is -0.336 e. The van der Waals surface area contributed by atoms with Crippen LogP contribution in [-0.4, -0.2) is 29.9 Å². The van der Waals surface area contributed by atoms with Crippen LogP contribution in [0.4, 0.5) is 4.39 Å². The number of halogens is 1. The molecule has 1 amide bonds. The molecule has 0 spiro atoms. The molecule has 4 heteroatoms. The first-order valence-electron chi connectivity index (χ1n) is 6.46. The van der Waals surface area contributed by atoms with Crippen LogP contribution in [0.15, 0.2) is 18.2 Å². The topological polar surface area (TPSA) is 46.3 Å². The lowest BCUT2D eigenvalue weighted by Gasteiger charge is -2.20. The van der Waals surface area contributed by atoms with Crippen LogP contribution < -0.4 is 5.73 Å². The molecule has 1 aliphatic carbocycles. The van der Waals surface area contributed by atoms with E-state index < -0.39 is 5.82 Å².